The zero-order valence-corrected chi connectivity index (χ0v) is 14.1. The van der Waals surface area contributed by atoms with E-state index in [0.717, 1.165) is 25.8 Å². The average molecular weight is 303 g/mol. The summed E-state index contributed by atoms with van der Waals surface area (Å²) in [7, 11) is 0. The maximum absolute atomic E-state index is 10.2. The summed E-state index contributed by atoms with van der Waals surface area (Å²) in [5.74, 6) is 0.506. The second-order valence-electron chi connectivity index (χ2n) is 6.89. The van der Waals surface area contributed by atoms with Gasteiger partial charge in [-0.25, -0.2) is 0 Å². The average Bonchev–Trinajstić information content (AvgIpc) is 2.54. The van der Waals surface area contributed by atoms with Crippen LogP contribution in [0.25, 0.3) is 0 Å². The molecule has 124 valence electrons. The molecule has 3 atom stereocenters. The summed E-state index contributed by atoms with van der Waals surface area (Å²) < 4.78 is 0. The van der Waals surface area contributed by atoms with Crippen molar-refractivity contribution in [3.05, 3.63) is 35.9 Å². The first kappa shape index (κ1) is 17.5. The molecule has 2 heteroatoms. The van der Waals surface area contributed by atoms with Gasteiger partial charge in [-0.3, -0.25) is 0 Å². The van der Waals surface area contributed by atoms with Gasteiger partial charge in [0.05, 0.1) is 6.10 Å². The second kappa shape index (κ2) is 10.0. The van der Waals surface area contributed by atoms with Crippen LogP contribution in [0.1, 0.15) is 76.2 Å². The summed E-state index contributed by atoms with van der Waals surface area (Å²) in [6.07, 6.45) is 10.9. The first-order valence-corrected chi connectivity index (χ1v) is 9.26. The lowest BCUT2D eigenvalue weighted by molar-refractivity contribution is 0.100. The van der Waals surface area contributed by atoms with Gasteiger partial charge in [-0.15, -0.1) is 0 Å². The van der Waals surface area contributed by atoms with Crippen molar-refractivity contribution in [3.63, 3.8) is 0 Å². The predicted octanol–water partition coefficient (Wildman–Crippen LogP) is 4.63. The Morgan fingerprint density at radius 2 is 1.68 bits per heavy atom. The molecule has 0 heterocycles. The van der Waals surface area contributed by atoms with Crippen molar-refractivity contribution in [3.8, 4) is 0 Å². The standard InChI is InChI=1S/C20H33NO/c1-2-3-4-5-6-10-13-21-19-14-18(15-20(22)16-19)17-11-8-7-9-12-17/h7-9,11-12,18-22H,2-6,10,13-16H2,1H3. The molecule has 2 N–H and O–H groups in total. The van der Waals surface area contributed by atoms with Crippen molar-refractivity contribution < 1.29 is 5.11 Å². The zero-order chi connectivity index (χ0) is 15.6. The third-order valence-electron chi connectivity index (χ3n) is 4.92. The fourth-order valence-corrected chi connectivity index (χ4v) is 3.66. The first-order chi connectivity index (χ1) is 10.8. The molecule has 0 amide bonds. The van der Waals surface area contributed by atoms with Gasteiger partial charge < -0.3 is 10.4 Å². The number of aliphatic hydroxyl groups is 1. The van der Waals surface area contributed by atoms with E-state index in [4.69, 9.17) is 0 Å². The van der Waals surface area contributed by atoms with E-state index in [1.54, 1.807) is 0 Å². The van der Waals surface area contributed by atoms with Crippen LogP contribution >= 0.6 is 0 Å². The zero-order valence-electron chi connectivity index (χ0n) is 14.1. The lowest BCUT2D eigenvalue weighted by atomic mass is 9.80. The van der Waals surface area contributed by atoms with Gasteiger partial charge in [0.15, 0.2) is 0 Å². The highest BCUT2D eigenvalue weighted by molar-refractivity contribution is 5.20. The van der Waals surface area contributed by atoms with Gasteiger partial charge in [0, 0.05) is 6.04 Å². The van der Waals surface area contributed by atoms with Gasteiger partial charge in [-0.1, -0.05) is 69.4 Å². The number of unbranched alkanes of at least 4 members (excludes halogenated alkanes) is 5. The molecule has 1 aliphatic rings. The maximum atomic E-state index is 10.2. The molecule has 2 nitrogen and oxygen atoms in total. The van der Waals surface area contributed by atoms with Crippen molar-refractivity contribution >= 4 is 0 Å². The number of hydrogen-bond acceptors (Lipinski definition) is 2. The Labute approximate surface area is 136 Å². The van der Waals surface area contributed by atoms with E-state index in [1.165, 1.54) is 44.1 Å². The minimum absolute atomic E-state index is 0.152. The minimum atomic E-state index is -0.152. The summed E-state index contributed by atoms with van der Waals surface area (Å²) in [6, 6.07) is 11.2. The Hall–Kier alpha value is -0.860. The van der Waals surface area contributed by atoms with E-state index in [0.29, 0.717) is 12.0 Å². The minimum Gasteiger partial charge on any atom is -0.393 e. The fraction of sp³-hybridized carbons (Fsp3) is 0.700. The van der Waals surface area contributed by atoms with Crippen molar-refractivity contribution in [2.45, 2.75) is 82.8 Å². The lowest BCUT2D eigenvalue weighted by Gasteiger charge is -2.33. The monoisotopic (exact) mass is 303 g/mol. The molecule has 0 radical (unpaired) electrons. The molecule has 1 aliphatic carbocycles. The number of nitrogens with one attached hydrogen (secondary N) is 1. The van der Waals surface area contributed by atoms with Crippen LogP contribution in [-0.4, -0.2) is 23.8 Å². The largest absolute Gasteiger partial charge is 0.393 e. The van der Waals surface area contributed by atoms with E-state index < -0.39 is 0 Å². The van der Waals surface area contributed by atoms with Gasteiger partial charge in [0.2, 0.25) is 0 Å². The third-order valence-corrected chi connectivity index (χ3v) is 4.92. The fourth-order valence-electron chi connectivity index (χ4n) is 3.66. The molecule has 0 aromatic heterocycles. The normalized spacial score (nSPS) is 25.3. The van der Waals surface area contributed by atoms with Crippen molar-refractivity contribution in [2.75, 3.05) is 6.54 Å². The number of aliphatic hydroxyl groups excluding tert-OH is 1. The molecule has 1 aromatic carbocycles. The van der Waals surface area contributed by atoms with Gasteiger partial charge in [-0.05, 0) is 43.7 Å². The van der Waals surface area contributed by atoms with Gasteiger partial charge in [0.1, 0.15) is 0 Å². The summed E-state index contributed by atoms with van der Waals surface area (Å²) in [6.45, 7) is 3.37. The van der Waals surface area contributed by atoms with Gasteiger partial charge >= 0.3 is 0 Å². The number of benzene rings is 1. The van der Waals surface area contributed by atoms with E-state index in [-0.39, 0.29) is 6.10 Å². The first-order valence-electron chi connectivity index (χ1n) is 9.26. The van der Waals surface area contributed by atoms with E-state index in [1.807, 2.05) is 0 Å². The molecule has 0 spiro atoms. The highest BCUT2D eigenvalue weighted by atomic mass is 16.3. The molecule has 1 saturated carbocycles. The maximum Gasteiger partial charge on any atom is 0.0561 e. The van der Waals surface area contributed by atoms with Crippen LogP contribution in [-0.2, 0) is 0 Å². The van der Waals surface area contributed by atoms with Gasteiger partial charge in [0.25, 0.3) is 0 Å². The Balaban J connectivity index is 1.68. The Bertz CT molecular complexity index is 392. The van der Waals surface area contributed by atoms with Crippen LogP contribution in [0, 0.1) is 0 Å². The van der Waals surface area contributed by atoms with Crippen LogP contribution < -0.4 is 5.32 Å². The predicted molar refractivity (Wildman–Crippen MR) is 94.2 cm³/mol. The molecule has 22 heavy (non-hydrogen) atoms. The third kappa shape index (κ3) is 6.10. The highest BCUT2D eigenvalue weighted by Gasteiger charge is 2.28. The molecular weight excluding hydrogens is 270 g/mol. The van der Waals surface area contributed by atoms with E-state index >= 15 is 0 Å². The second-order valence-corrected chi connectivity index (χ2v) is 6.89. The molecule has 1 fully saturated rings. The summed E-state index contributed by atoms with van der Waals surface area (Å²) in [5.41, 5.74) is 1.38. The molecule has 1 aromatic rings. The molecule has 0 saturated heterocycles. The van der Waals surface area contributed by atoms with E-state index in [9.17, 15) is 5.11 Å². The van der Waals surface area contributed by atoms with Crippen LogP contribution in [0.5, 0.6) is 0 Å². The Morgan fingerprint density at radius 1 is 0.955 bits per heavy atom. The Morgan fingerprint density at radius 3 is 2.45 bits per heavy atom. The van der Waals surface area contributed by atoms with Gasteiger partial charge in [-0.2, -0.15) is 0 Å². The van der Waals surface area contributed by atoms with Crippen LogP contribution in [0.15, 0.2) is 30.3 Å². The summed E-state index contributed by atoms with van der Waals surface area (Å²) >= 11 is 0. The molecule has 3 unspecified atom stereocenters. The topological polar surface area (TPSA) is 32.3 Å². The molecule has 0 aliphatic heterocycles. The summed E-state index contributed by atoms with van der Waals surface area (Å²) in [5, 5.41) is 13.9. The summed E-state index contributed by atoms with van der Waals surface area (Å²) in [4.78, 5) is 0. The molecule has 2 rings (SSSR count). The van der Waals surface area contributed by atoms with Crippen LogP contribution in [0.2, 0.25) is 0 Å². The van der Waals surface area contributed by atoms with Crippen molar-refractivity contribution in [1.29, 1.82) is 0 Å². The number of rotatable bonds is 9. The highest BCUT2D eigenvalue weighted by Crippen LogP contribution is 2.33. The Kier molecular flexibility index (Phi) is 7.96. The SMILES string of the molecule is CCCCCCCCNC1CC(O)CC(c2ccccc2)C1. The molecule has 0 bridgehead atoms. The molecular formula is C20H33NO. The van der Waals surface area contributed by atoms with Crippen LogP contribution in [0.3, 0.4) is 0 Å². The van der Waals surface area contributed by atoms with Crippen molar-refractivity contribution in [2.24, 2.45) is 0 Å². The van der Waals surface area contributed by atoms with E-state index in [2.05, 4.69) is 42.6 Å². The van der Waals surface area contributed by atoms with Crippen LogP contribution in [0.4, 0.5) is 0 Å². The lowest BCUT2D eigenvalue weighted by Crippen LogP contribution is -2.39. The number of hydrogen-bond donors (Lipinski definition) is 2. The smallest absolute Gasteiger partial charge is 0.0561 e. The quantitative estimate of drug-likeness (QED) is 0.652. The van der Waals surface area contributed by atoms with Crippen molar-refractivity contribution in [1.82, 2.24) is 5.32 Å².